The quantitative estimate of drug-likeness (QED) is 0.815. The fraction of sp³-hybridized carbons (Fsp3) is 0.538. The third-order valence-corrected chi connectivity index (χ3v) is 3.65. The molecule has 2 unspecified atom stereocenters. The molecule has 0 radical (unpaired) electrons. The predicted molar refractivity (Wildman–Crippen MR) is 70.2 cm³/mol. The maximum absolute atomic E-state index is 6.26. The molecule has 0 bridgehead atoms. The molecule has 0 spiro atoms. The zero-order valence-electron chi connectivity index (χ0n) is 9.91. The van der Waals surface area contributed by atoms with Crippen LogP contribution in [0, 0.1) is 6.92 Å². The average Bonchev–Trinajstić information content (AvgIpc) is 2.22. The number of halogens is 1. The molecule has 2 N–H and O–H groups in total. The van der Waals surface area contributed by atoms with Crippen molar-refractivity contribution in [2.75, 3.05) is 11.4 Å². The molecule has 0 amide bonds. The molecule has 1 saturated heterocycles. The maximum Gasteiger partial charge on any atom is 0.0639 e. The molecule has 2 nitrogen and oxygen atoms in total. The second-order valence-corrected chi connectivity index (χ2v) is 5.19. The summed E-state index contributed by atoms with van der Waals surface area (Å²) in [5.74, 6) is 0. The first-order chi connectivity index (χ1) is 7.58. The molecule has 2 rings (SSSR count). The van der Waals surface area contributed by atoms with Crippen molar-refractivity contribution >= 4 is 17.3 Å². The third kappa shape index (κ3) is 2.33. The molecule has 1 aromatic carbocycles. The van der Waals surface area contributed by atoms with E-state index in [0.29, 0.717) is 12.1 Å². The van der Waals surface area contributed by atoms with E-state index < -0.39 is 0 Å². The van der Waals surface area contributed by atoms with Gasteiger partial charge in [-0.2, -0.15) is 0 Å². The summed E-state index contributed by atoms with van der Waals surface area (Å²) in [6, 6.07) is 7.01. The molecule has 0 aliphatic carbocycles. The van der Waals surface area contributed by atoms with E-state index in [2.05, 4.69) is 24.8 Å². The van der Waals surface area contributed by atoms with Crippen molar-refractivity contribution in [1.82, 2.24) is 0 Å². The highest BCUT2D eigenvalue weighted by molar-refractivity contribution is 6.33. The van der Waals surface area contributed by atoms with E-state index in [1.54, 1.807) is 0 Å². The smallest absolute Gasteiger partial charge is 0.0639 e. The van der Waals surface area contributed by atoms with E-state index in [0.717, 1.165) is 30.1 Å². The monoisotopic (exact) mass is 238 g/mol. The van der Waals surface area contributed by atoms with Gasteiger partial charge >= 0.3 is 0 Å². The van der Waals surface area contributed by atoms with Gasteiger partial charge in [0.2, 0.25) is 0 Å². The SMILES string of the molecule is Cc1ccc(Cl)c(N2CCC(N)CC2C)c1. The number of nitrogens with zero attached hydrogens (tertiary/aromatic N) is 1. The average molecular weight is 239 g/mol. The van der Waals surface area contributed by atoms with Crippen LogP contribution >= 0.6 is 11.6 Å². The highest BCUT2D eigenvalue weighted by atomic mass is 35.5. The molecule has 3 heteroatoms. The van der Waals surface area contributed by atoms with Crippen LogP contribution in [0.15, 0.2) is 18.2 Å². The molecular formula is C13H19ClN2. The molecule has 0 aromatic heterocycles. The van der Waals surface area contributed by atoms with Gasteiger partial charge in [0.15, 0.2) is 0 Å². The molecule has 1 fully saturated rings. The summed E-state index contributed by atoms with van der Waals surface area (Å²) >= 11 is 6.26. The summed E-state index contributed by atoms with van der Waals surface area (Å²) < 4.78 is 0. The number of piperidine rings is 1. The number of anilines is 1. The van der Waals surface area contributed by atoms with Crippen LogP contribution in [0.4, 0.5) is 5.69 Å². The molecule has 1 aliphatic heterocycles. The largest absolute Gasteiger partial charge is 0.367 e. The van der Waals surface area contributed by atoms with Crippen molar-refractivity contribution in [1.29, 1.82) is 0 Å². The van der Waals surface area contributed by atoms with Gasteiger partial charge in [-0.15, -0.1) is 0 Å². The molecule has 1 heterocycles. The van der Waals surface area contributed by atoms with E-state index in [9.17, 15) is 0 Å². The summed E-state index contributed by atoms with van der Waals surface area (Å²) in [6.07, 6.45) is 2.10. The Morgan fingerprint density at radius 1 is 1.44 bits per heavy atom. The lowest BCUT2D eigenvalue weighted by atomic mass is 9.98. The number of nitrogens with two attached hydrogens (primary N) is 1. The van der Waals surface area contributed by atoms with Crippen molar-refractivity contribution in [2.24, 2.45) is 5.73 Å². The van der Waals surface area contributed by atoms with Crippen LogP contribution in [-0.2, 0) is 0 Å². The minimum atomic E-state index is 0.342. The zero-order chi connectivity index (χ0) is 11.7. The number of hydrogen-bond donors (Lipinski definition) is 1. The normalized spacial score (nSPS) is 25.9. The third-order valence-electron chi connectivity index (χ3n) is 3.33. The molecule has 0 saturated carbocycles. The molecule has 1 aliphatic rings. The van der Waals surface area contributed by atoms with Crippen LogP contribution in [0.1, 0.15) is 25.3 Å². The van der Waals surface area contributed by atoms with E-state index in [-0.39, 0.29) is 0 Å². The Kier molecular flexibility index (Phi) is 3.41. The number of benzene rings is 1. The Hall–Kier alpha value is -0.730. The van der Waals surface area contributed by atoms with Gasteiger partial charge in [-0.1, -0.05) is 17.7 Å². The Morgan fingerprint density at radius 3 is 2.88 bits per heavy atom. The minimum Gasteiger partial charge on any atom is -0.367 e. The fourth-order valence-electron chi connectivity index (χ4n) is 2.41. The molecule has 88 valence electrons. The van der Waals surface area contributed by atoms with Crippen LogP contribution in [0.25, 0.3) is 0 Å². The standard InChI is InChI=1S/C13H19ClN2/c1-9-3-4-12(14)13(7-9)16-6-5-11(15)8-10(16)2/h3-4,7,10-11H,5-6,8,15H2,1-2H3. The lowest BCUT2D eigenvalue weighted by Gasteiger charge is -2.38. The summed E-state index contributed by atoms with van der Waals surface area (Å²) in [5, 5.41) is 0.841. The Balaban J connectivity index is 2.26. The lowest BCUT2D eigenvalue weighted by molar-refractivity contribution is 0.430. The van der Waals surface area contributed by atoms with Crippen LogP contribution < -0.4 is 10.6 Å². The van der Waals surface area contributed by atoms with Crippen molar-refractivity contribution in [3.63, 3.8) is 0 Å². The van der Waals surface area contributed by atoms with E-state index in [1.807, 2.05) is 12.1 Å². The van der Waals surface area contributed by atoms with Crippen LogP contribution in [-0.4, -0.2) is 18.6 Å². The molecule has 16 heavy (non-hydrogen) atoms. The zero-order valence-corrected chi connectivity index (χ0v) is 10.7. The topological polar surface area (TPSA) is 29.3 Å². The summed E-state index contributed by atoms with van der Waals surface area (Å²) in [4.78, 5) is 2.37. The van der Waals surface area contributed by atoms with Crippen LogP contribution in [0.5, 0.6) is 0 Å². The highest BCUT2D eigenvalue weighted by Crippen LogP contribution is 2.31. The van der Waals surface area contributed by atoms with Gasteiger partial charge in [-0.05, 0) is 44.4 Å². The van der Waals surface area contributed by atoms with E-state index in [1.165, 1.54) is 5.56 Å². The van der Waals surface area contributed by atoms with Gasteiger partial charge in [0.25, 0.3) is 0 Å². The Labute approximate surface area is 102 Å². The van der Waals surface area contributed by atoms with Crippen molar-refractivity contribution < 1.29 is 0 Å². The minimum absolute atomic E-state index is 0.342. The highest BCUT2D eigenvalue weighted by Gasteiger charge is 2.24. The first-order valence-corrected chi connectivity index (χ1v) is 6.24. The number of rotatable bonds is 1. The van der Waals surface area contributed by atoms with Crippen molar-refractivity contribution in [2.45, 2.75) is 38.8 Å². The predicted octanol–water partition coefficient (Wildman–Crippen LogP) is 2.96. The van der Waals surface area contributed by atoms with Gasteiger partial charge < -0.3 is 10.6 Å². The van der Waals surface area contributed by atoms with Crippen LogP contribution in [0.2, 0.25) is 5.02 Å². The fourth-order valence-corrected chi connectivity index (χ4v) is 2.64. The van der Waals surface area contributed by atoms with Gasteiger partial charge in [0.05, 0.1) is 10.7 Å². The first kappa shape index (κ1) is 11.7. The molecular weight excluding hydrogens is 220 g/mol. The molecule has 2 atom stereocenters. The Morgan fingerprint density at radius 2 is 2.19 bits per heavy atom. The van der Waals surface area contributed by atoms with Gasteiger partial charge in [-0.25, -0.2) is 0 Å². The van der Waals surface area contributed by atoms with Gasteiger partial charge in [0, 0.05) is 18.6 Å². The number of hydrogen-bond acceptors (Lipinski definition) is 2. The summed E-state index contributed by atoms with van der Waals surface area (Å²) in [7, 11) is 0. The lowest BCUT2D eigenvalue weighted by Crippen LogP contribution is -2.45. The maximum atomic E-state index is 6.26. The second-order valence-electron chi connectivity index (χ2n) is 4.78. The van der Waals surface area contributed by atoms with E-state index >= 15 is 0 Å². The first-order valence-electron chi connectivity index (χ1n) is 5.86. The summed E-state index contributed by atoms with van der Waals surface area (Å²) in [6.45, 7) is 5.32. The Bertz CT molecular complexity index is 378. The second kappa shape index (κ2) is 4.64. The van der Waals surface area contributed by atoms with Crippen LogP contribution in [0.3, 0.4) is 0 Å². The summed E-state index contributed by atoms with van der Waals surface area (Å²) in [5.41, 5.74) is 8.38. The van der Waals surface area contributed by atoms with Crippen molar-refractivity contribution in [3.05, 3.63) is 28.8 Å². The number of aryl methyl sites for hydroxylation is 1. The van der Waals surface area contributed by atoms with Gasteiger partial charge in [-0.3, -0.25) is 0 Å². The molecule has 1 aromatic rings. The van der Waals surface area contributed by atoms with Crippen molar-refractivity contribution in [3.8, 4) is 0 Å². The van der Waals surface area contributed by atoms with Gasteiger partial charge in [0.1, 0.15) is 0 Å². The van der Waals surface area contributed by atoms with E-state index in [4.69, 9.17) is 17.3 Å².